The van der Waals surface area contributed by atoms with Crippen LogP contribution in [0.5, 0.6) is 0 Å². The van der Waals surface area contributed by atoms with Crippen molar-refractivity contribution in [1.29, 1.82) is 0 Å². The number of methoxy groups -OCH3 is 1. The Hall–Kier alpha value is -0.860. The van der Waals surface area contributed by atoms with Gasteiger partial charge in [0.2, 0.25) is 0 Å². The molecular formula is C14H21NO. The molecule has 1 aromatic carbocycles. The van der Waals surface area contributed by atoms with Gasteiger partial charge >= 0.3 is 0 Å². The van der Waals surface area contributed by atoms with Crippen LogP contribution in [0.4, 0.5) is 0 Å². The number of likely N-dealkylation sites (N-methyl/N-ethyl adjacent to an activating group) is 1. The van der Waals surface area contributed by atoms with E-state index >= 15 is 0 Å². The normalized spacial score (nSPS) is 17.4. The molecule has 1 aliphatic rings. The standard InChI is InChI=1S/C14H21NO/c1-15-10-7-12-3-5-13(6-4-12)11-14(16-2)8-9-14/h3-6,15H,7-11H2,1-2H3. The highest BCUT2D eigenvalue weighted by Gasteiger charge is 2.42. The van der Waals surface area contributed by atoms with Gasteiger partial charge in [-0.1, -0.05) is 24.3 Å². The third-order valence-electron chi connectivity index (χ3n) is 3.45. The predicted molar refractivity (Wildman–Crippen MR) is 66.8 cm³/mol. The molecule has 0 aromatic heterocycles. The van der Waals surface area contributed by atoms with Gasteiger partial charge < -0.3 is 10.1 Å². The highest BCUT2D eigenvalue weighted by atomic mass is 16.5. The first-order chi connectivity index (χ1) is 7.78. The van der Waals surface area contributed by atoms with E-state index in [2.05, 4.69) is 29.6 Å². The maximum atomic E-state index is 5.54. The summed E-state index contributed by atoms with van der Waals surface area (Å²) in [6.45, 7) is 1.04. The van der Waals surface area contributed by atoms with Crippen LogP contribution in [0.25, 0.3) is 0 Å². The van der Waals surface area contributed by atoms with Crippen molar-refractivity contribution in [2.45, 2.75) is 31.3 Å². The zero-order valence-corrected chi connectivity index (χ0v) is 10.3. The zero-order valence-electron chi connectivity index (χ0n) is 10.3. The van der Waals surface area contributed by atoms with Gasteiger partial charge in [-0.05, 0) is 44.0 Å². The maximum Gasteiger partial charge on any atom is 0.0721 e. The molecule has 0 spiro atoms. The fourth-order valence-electron chi connectivity index (χ4n) is 2.06. The van der Waals surface area contributed by atoms with Gasteiger partial charge in [0.25, 0.3) is 0 Å². The molecule has 0 saturated heterocycles. The van der Waals surface area contributed by atoms with Crippen LogP contribution in [-0.2, 0) is 17.6 Å². The van der Waals surface area contributed by atoms with Gasteiger partial charge in [-0.2, -0.15) is 0 Å². The van der Waals surface area contributed by atoms with Crippen LogP contribution in [-0.4, -0.2) is 26.3 Å². The first-order valence-corrected chi connectivity index (χ1v) is 6.06. The Bertz CT molecular complexity index is 327. The van der Waals surface area contributed by atoms with E-state index in [1.807, 2.05) is 14.2 Å². The van der Waals surface area contributed by atoms with Crippen LogP contribution >= 0.6 is 0 Å². The number of ether oxygens (including phenoxy) is 1. The van der Waals surface area contributed by atoms with E-state index in [1.54, 1.807) is 0 Å². The molecule has 0 unspecified atom stereocenters. The molecule has 0 atom stereocenters. The number of nitrogens with one attached hydrogen (secondary N) is 1. The molecule has 88 valence electrons. The molecule has 16 heavy (non-hydrogen) atoms. The Morgan fingerprint density at radius 3 is 2.31 bits per heavy atom. The van der Waals surface area contributed by atoms with Crippen molar-refractivity contribution < 1.29 is 4.74 Å². The lowest BCUT2D eigenvalue weighted by Crippen LogP contribution is -2.15. The molecule has 1 aliphatic carbocycles. The molecule has 1 fully saturated rings. The highest BCUT2D eigenvalue weighted by Crippen LogP contribution is 2.41. The fourth-order valence-corrected chi connectivity index (χ4v) is 2.06. The number of hydrogen-bond acceptors (Lipinski definition) is 2. The quantitative estimate of drug-likeness (QED) is 0.791. The van der Waals surface area contributed by atoms with Crippen LogP contribution in [0.3, 0.4) is 0 Å². The second kappa shape index (κ2) is 4.98. The minimum atomic E-state index is 0.173. The SMILES string of the molecule is CNCCc1ccc(CC2(OC)CC2)cc1. The van der Waals surface area contributed by atoms with Gasteiger partial charge in [0.05, 0.1) is 5.60 Å². The van der Waals surface area contributed by atoms with Gasteiger partial charge in [0.15, 0.2) is 0 Å². The molecule has 2 rings (SSSR count). The van der Waals surface area contributed by atoms with E-state index in [1.165, 1.54) is 24.0 Å². The van der Waals surface area contributed by atoms with Crippen LogP contribution < -0.4 is 5.32 Å². The van der Waals surface area contributed by atoms with Crippen molar-refractivity contribution >= 4 is 0 Å². The van der Waals surface area contributed by atoms with Crippen molar-refractivity contribution in [1.82, 2.24) is 5.32 Å². The summed E-state index contributed by atoms with van der Waals surface area (Å²) in [5, 5.41) is 3.17. The highest BCUT2D eigenvalue weighted by molar-refractivity contribution is 5.25. The summed E-state index contributed by atoms with van der Waals surface area (Å²) in [6, 6.07) is 8.95. The van der Waals surface area contributed by atoms with Gasteiger partial charge in [-0.25, -0.2) is 0 Å². The van der Waals surface area contributed by atoms with Crippen molar-refractivity contribution in [3.8, 4) is 0 Å². The summed E-state index contributed by atoms with van der Waals surface area (Å²) < 4.78 is 5.54. The number of hydrogen-bond donors (Lipinski definition) is 1. The lowest BCUT2D eigenvalue weighted by atomic mass is 10.0. The average Bonchev–Trinajstić information content (AvgIpc) is 3.09. The summed E-state index contributed by atoms with van der Waals surface area (Å²) in [4.78, 5) is 0. The van der Waals surface area contributed by atoms with Crippen LogP contribution in [0, 0.1) is 0 Å². The van der Waals surface area contributed by atoms with Gasteiger partial charge in [0.1, 0.15) is 0 Å². The minimum Gasteiger partial charge on any atom is -0.378 e. The molecule has 0 bridgehead atoms. The molecule has 2 nitrogen and oxygen atoms in total. The van der Waals surface area contributed by atoms with Crippen LogP contribution in [0.2, 0.25) is 0 Å². The summed E-state index contributed by atoms with van der Waals surface area (Å²) in [5.41, 5.74) is 2.97. The first kappa shape index (κ1) is 11.6. The second-order valence-electron chi connectivity index (χ2n) is 4.73. The average molecular weight is 219 g/mol. The third-order valence-corrected chi connectivity index (χ3v) is 3.45. The monoisotopic (exact) mass is 219 g/mol. The summed E-state index contributed by atoms with van der Waals surface area (Å²) in [5.74, 6) is 0. The number of benzene rings is 1. The Labute approximate surface area is 98.0 Å². The first-order valence-electron chi connectivity index (χ1n) is 6.06. The Morgan fingerprint density at radius 1 is 1.19 bits per heavy atom. The van der Waals surface area contributed by atoms with Crippen molar-refractivity contribution in [3.05, 3.63) is 35.4 Å². The largest absolute Gasteiger partial charge is 0.378 e. The van der Waals surface area contributed by atoms with E-state index < -0.39 is 0 Å². The minimum absolute atomic E-state index is 0.173. The maximum absolute atomic E-state index is 5.54. The molecule has 0 heterocycles. The van der Waals surface area contributed by atoms with Crippen LogP contribution in [0.15, 0.2) is 24.3 Å². The Morgan fingerprint density at radius 2 is 1.81 bits per heavy atom. The topological polar surface area (TPSA) is 21.3 Å². The molecule has 2 heteroatoms. The van der Waals surface area contributed by atoms with Gasteiger partial charge in [-0.15, -0.1) is 0 Å². The lowest BCUT2D eigenvalue weighted by molar-refractivity contribution is 0.0807. The van der Waals surface area contributed by atoms with E-state index in [0.717, 1.165) is 19.4 Å². The van der Waals surface area contributed by atoms with E-state index in [0.29, 0.717) is 0 Å². The van der Waals surface area contributed by atoms with Crippen molar-refractivity contribution in [2.24, 2.45) is 0 Å². The Balaban J connectivity index is 1.91. The Kier molecular flexibility index (Phi) is 3.62. The van der Waals surface area contributed by atoms with E-state index in [9.17, 15) is 0 Å². The van der Waals surface area contributed by atoms with Crippen molar-refractivity contribution in [2.75, 3.05) is 20.7 Å². The number of rotatable bonds is 6. The fraction of sp³-hybridized carbons (Fsp3) is 0.571. The smallest absolute Gasteiger partial charge is 0.0721 e. The van der Waals surface area contributed by atoms with Crippen molar-refractivity contribution in [3.63, 3.8) is 0 Å². The molecule has 1 N–H and O–H groups in total. The van der Waals surface area contributed by atoms with Gasteiger partial charge in [0, 0.05) is 13.5 Å². The third kappa shape index (κ3) is 2.83. The van der Waals surface area contributed by atoms with E-state index in [-0.39, 0.29) is 5.60 Å². The zero-order chi connectivity index (χ0) is 11.4. The van der Waals surface area contributed by atoms with Gasteiger partial charge in [-0.3, -0.25) is 0 Å². The summed E-state index contributed by atoms with van der Waals surface area (Å²) >= 11 is 0. The van der Waals surface area contributed by atoms with E-state index in [4.69, 9.17) is 4.74 Å². The van der Waals surface area contributed by atoms with Crippen LogP contribution in [0.1, 0.15) is 24.0 Å². The molecule has 0 radical (unpaired) electrons. The lowest BCUT2D eigenvalue weighted by Gasteiger charge is -2.13. The summed E-state index contributed by atoms with van der Waals surface area (Å²) in [7, 11) is 3.82. The molecule has 0 aliphatic heterocycles. The molecule has 0 amide bonds. The predicted octanol–water partition coefficient (Wildman–Crippen LogP) is 2.17. The molecule has 1 aromatic rings. The molecule has 1 saturated carbocycles. The second-order valence-corrected chi connectivity index (χ2v) is 4.73. The summed E-state index contributed by atoms with van der Waals surface area (Å²) in [6.07, 6.45) is 4.60. The molecular weight excluding hydrogens is 198 g/mol.